The number of rotatable bonds is 6. The summed E-state index contributed by atoms with van der Waals surface area (Å²) in [5.74, 6) is 0.228. The Labute approximate surface area is 232 Å². The zero-order valence-electron chi connectivity index (χ0n) is 19.0. The average molecular weight is 610 g/mol. The van der Waals surface area contributed by atoms with Crippen LogP contribution in [-0.2, 0) is 6.61 Å². The van der Waals surface area contributed by atoms with Gasteiger partial charge in [-0.25, -0.2) is 4.79 Å². The van der Waals surface area contributed by atoms with E-state index in [-0.39, 0.29) is 30.0 Å². The van der Waals surface area contributed by atoms with Crippen molar-refractivity contribution in [3.05, 3.63) is 96.4 Å². The molecule has 0 radical (unpaired) electrons. The third-order valence-electron chi connectivity index (χ3n) is 6.68. The number of methoxy groups -OCH3 is 1. The van der Waals surface area contributed by atoms with Crippen molar-refractivity contribution in [1.29, 1.82) is 0 Å². The molecule has 0 amide bonds. The van der Waals surface area contributed by atoms with Gasteiger partial charge in [-0.05, 0) is 81.4 Å². The van der Waals surface area contributed by atoms with E-state index in [0.717, 1.165) is 27.6 Å². The first kappa shape index (κ1) is 25.3. The van der Waals surface area contributed by atoms with Gasteiger partial charge in [0.25, 0.3) is 0 Å². The third-order valence-corrected chi connectivity index (χ3v) is 8.32. The van der Waals surface area contributed by atoms with Crippen molar-refractivity contribution in [3.8, 4) is 11.5 Å². The topological polar surface area (TPSA) is 67.8 Å². The maximum absolute atomic E-state index is 11.9. The molecular formula is C27H21BrCl3NO4. The zero-order chi connectivity index (χ0) is 25.6. The molecule has 5 nitrogen and oxygen atoms in total. The second kappa shape index (κ2) is 10.2. The van der Waals surface area contributed by atoms with Crippen molar-refractivity contribution >= 4 is 62.4 Å². The molecular weight excluding hydrogens is 589 g/mol. The summed E-state index contributed by atoms with van der Waals surface area (Å²) in [4.78, 5) is 11.9. The molecule has 5 rings (SSSR count). The lowest BCUT2D eigenvalue weighted by Crippen LogP contribution is -2.30. The molecule has 2 N–H and O–H groups in total. The molecule has 1 aliphatic carbocycles. The number of hydrogen-bond donors (Lipinski definition) is 2. The molecule has 3 aromatic rings. The number of anilines is 1. The van der Waals surface area contributed by atoms with E-state index in [1.165, 1.54) is 0 Å². The van der Waals surface area contributed by atoms with Crippen LogP contribution in [0.4, 0.5) is 5.69 Å². The number of carbonyl (C=O) groups is 1. The first-order valence-corrected chi connectivity index (χ1v) is 13.1. The number of nitrogens with one attached hydrogen (secondary N) is 1. The van der Waals surface area contributed by atoms with Gasteiger partial charge in [-0.3, -0.25) is 0 Å². The Kier molecular flexibility index (Phi) is 7.14. The van der Waals surface area contributed by atoms with Crippen LogP contribution < -0.4 is 14.8 Å². The van der Waals surface area contributed by atoms with Crippen LogP contribution in [0.25, 0.3) is 0 Å². The van der Waals surface area contributed by atoms with Gasteiger partial charge >= 0.3 is 5.97 Å². The molecule has 2 aliphatic rings. The van der Waals surface area contributed by atoms with Crippen LogP contribution in [-0.4, -0.2) is 18.2 Å². The minimum absolute atomic E-state index is 0.0635. The number of benzene rings is 3. The molecule has 0 bridgehead atoms. The van der Waals surface area contributed by atoms with Crippen LogP contribution in [0.1, 0.15) is 45.4 Å². The molecule has 1 heterocycles. The summed E-state index contributed by atoms with van der Waals surface area (Å²) in [5.41, 5.74) is 3.51. The van der Waals surface area contributed by atoms with Crippen LogP contribution in [0.15, 0.2) is 59.1 Å². The quantitative estimate of drug-likeness (QED) is 0.274. The molecule has 0 aromatic heterocycles. The lowest BCUT2D eigenvalue weighted by Gasteiger charge is -2.38. The Morgan fingerprint density at radius 3 is 2.61 bits per heavy atom. The largest absolute Gasteiger partial charge is 0.493 e. The highest BCUT2D eigenvalue weighted by Crippen LogP contribution is 2.53. The van der Waals surface area contributed by atoms with Crippen LogP contribution in [0.3, 0.4) is 0 Å². The monoisotopic (exact) mass is 607 g/mol. The van der Waals surface area contributed by atoms with Crippen molar-refractivity contribution < 1.29 is 19.4 Å². The minimum Gasteiger partial charge on any atom is -0.493 e. The van der Waals surface area contributed by atoms with Crippen molar-refractivity contribution in [1.82, 2.24) is 0 Å². The molecule has 0 unspecified atom stereocenters. The SMILES string of the molecule is COc1cc([C@@H]2Nc3c(Cl)ccc(C(=O)O)c3[C@@H]3C=CC[C@@H]32)cc(Br)c1OCc1ccc(Cl)c(Cl)c1. The maximum Gasteiger partial charge on any atom is 0.336 e. The second-order valence-corrected chi connectivity index (χ2v) is 10.8. The van der Waals surface area contributed by atoms with Gasteiger partial charge in [-0.2, -0.15) is 0 Å². The number of fused-ring (bicyclic) bond motifs is 3. The molecule has 0 fully saturated rings. The van der Waals surface area contributed by atoms with E-state index in [4.69, 9.17) is 44.3 Å². The van der Waals surface area contributed by atoms with Crippen LogP contribution in [0, 0.1) is 5.92 Å². The molecule has 186 valence electrons. The zero-order valence-corrected chi connectivity index (χ0v) is 22.9. The first-order chi connectivity index (χ1) is 17.3. The van der Waals surface area contributed by atoms with E-state index in [2.05, 4.69) is 33.4 Å². The molecule has 0 spiro atoms. The summed E-state index contributed by atoms with van der Waals surface area (Å²) in [6.07, 6.45) is 5.00. The number of halogens is 4. The van der Waals surface area contributed by atoms with Crippen LogP contribution in [0.5, 0.6) is 11.5 Å². The molecule has 1 aliphatic heterocycles. The Morgan fingerprint density at radius 1 is 1.11 bits per heavy atom. The standard InChI is InChI=1S/C27H21BrCl3NO4/c1-35-22-11-14(10-18(28)26(22)36-12-13-5-7-19(29)21(31)9-13)24-16-4-2-3-15(16)23-17(27(33)34)6-8-20(30)25(23)32-24/h2-3,5-11,15-16,24,32H,4,12H2,1H3,(H,33,34)/t15-,16+,24+/m1/s1. The predicted molar refractivity (Wildman–Crippen MR) is 146 cm³/mol. The summed E-state index contributed by atoms with van der Waals surface area (Å²) in [6, 6.07) is 12.4. The molecule has 36 heavy (non-hydrogen) atoms. The number of carboxylic acids is 1. The van der Waals surface area contributed by atoms with E-state index >= 15 is 0 Å². The highest BCUT2D eigenvalue weighted by molar-refractivity contribution is 9.10. The van der Waals surface area contributed by atoms with Gasteiger partial charge in [0.05, 0.1) is 43.9 Å². The molecule has 0 saturated carbocycles. The van der Waals surface area contributed by atoms with E-state index in [9.17, 15) is 9.90 Å². The number of ether oxygens (including phenoxy) is 2. The van der Waals surface area contributed by atoms with Gasteiger partial charge in [0.15, 0.2) is 11.5 Å². The number of hydrogen-bond acceptors (Lipinski definition) is 4. The van der Waals surface area contributed by atoms with E-state index in [1.807, 2.05) is 18.2 Å². The highest BCUT2D eigenvalue weighted by atomic mass is 79.9. The fourth-order valence-corrected chi connectivity index (χ4v) is 6.15. The summed E-state index contributed by atoms with van der Waals surface area (Å²) >= 11 is 22.4. The Morgan fingerprint density at radius 2 is 1.89 bits per heavy atom. The number of carboxylic acid groups (broad SMARTS) is 1. The second-order valence-electron chi connectivity index (χ2n) is 8.74. The molecule has 9 heteroatoms. The maximum atomic E-state index is 11.9. The average Bonchev–Trinajstić information content (AvgIpc) is 3.34. The normalized spacial score (nSPS) is 19.9. The van der Waals surface area contributed by atoms with Crippen molar-refractivity contribution in [2.75, 3.05) is 12.4 Å². The van der Waals surface area contributed by atoms with E-state index < -0.39 is 5.97 Å². The van der Waals surface area contributed by atoms with Gasteiger partial charge in [0.1, 0.15) is 6.61 Å². The van der Waals surface area contributed by atoms with Gasteiger partial charge in [0, 0.05) is 5.92 Å². The summed E-state index contributed by atoms with van der Waals surface area (Å²) in [7, 11) is 1.59. The fourth-order valence-electron chi connectivity index (χ4n) is 5.04. The fraction of sp³-hybridized carbons (Fsp3) is 0.222. The predicted octanol–water partition coefficient (Wildman–Crippen LogP) is 8.52. The van der Waals surface area contributed by atoms with Gasteiger partial charge in [-0.1, -0.05) is 53.0 Å². The Bertz CT molecular complexity index is 1390. The summed E-state index contributed by atoms with van der Waals surface area (Å²) < 4.78 is 12.5. The van der Waals surface area contributed by atoms with Crippen LogP contribution >= 0.6 is 50.7 Å². The third kappa shape index (κ3) is 4.56. The van der Waals surface area contributed by atoms with Gasteiger partial charge in [0.2, 0.25) is 0 Å². The van der Waals surface area contributed by atoms with E-state index in [0.29, 0.717) is 32.3 Å². The van der Waals surface area contributed by atoms with Crippen molar-refractivity contribution in [2.24, 2.45) is 5.92 Å². The van der Waals surface area contributed by atoms with Crippen molar-refractivity contribution in [2.45, 2.75) is 25.0 Å². The number of aromatic carboxylic acids is 1. The first-order valence-electron chi connectivity index (χ1n) is 11.2. The molecule has 3 atom stereocenters. The van der Waals surface area contributed by atoms with Crippen LogP contribution in [0.2, 0.25) is 15.1 Å². The molecule has 3 aromatic carbocycles. The Balaban J connectivity index is 1.49. The lowest BCUT2D eigenvalue weighted by molar-refractivity contribution is 0.0695. The molecule has 0 saturated heterocycles. The van der Waals surface area contributed by atoms with E-state index in [1.54, 1.807) is 31.4 Å². The number of allylic oxidation sites excluding steroid dienone is 2. The summed E-state index contributed by atoms with van der Waals surface area (Å²) in [5, 5.41) is 14.8. The van der Waals surface area contributed by atoms with Gasteiger partial charge < -0.3 is 19.9 Å². The van der Waals surface area contributed by atoms with Gasteiger partial charge in [-0.15, -0.1) is 0 Å². The smallest absolute Gasteiger partial charge is 0.336 e. The highest BCUT2D eigenvalue weighted by Gasteiger charge is 2.41. The Hall–Kier alpha value is -2.38. The van der Waals surface area contributed by atoms with Crippen molar-refractivity contribution in [3.63, 3.8) is 0 Å². The lowest BCUT2D eigenvalue weighted by atomic mass is 9.75. The summed E-state index contributed by atoms with van der Waals surface area (Å²) in [6.45, 7) is 0.280. The minimum atomic E-state index is -0.963.